The highest BCUT2D eigenvalue weighted by Gasteiger charge is 2.57. The minimum Gasteiger partial charge on any atom is -0.359 e. The largest absolute Gasteiger partial charge is 0.359 e. The molecule has 2 saturated carbocycles. The Morgan fingerprint density at radius 1 is 1.22 bits per heavy atom. The first kappa shape index (κ1) is 21.1. The molecule has 32 heavy (non-hydrogen) atoms. The molecular weight excluding hydrogens is 404 g/mol. The second-order valence-corrected chi connectivity index (χ2v) is 10.7. The smallest absolute Gasteiger partial charge is 0.291 e. The summed E-state index contributed by atoms with van der Waals surface area (Å²) in [6.07, 6.45) is 7.40. The molecule has 1 N–H and O–H groups in total. The Bertz CT molecular complexity index is 1210. The minimum absolute atomic E-state index is 0.146. The van der Waals surface area contributed by atoms with E-state index in [2.05, 4.69) is 36.2 Å². The molecule has 2 atom stereocenters. The number of aromatic nitrogens is 3. The van der Waals surface area contributed by atoms with Gasteiger partial charge >= 0.3 is 0 Å². The van der Waals surface area contributed by atoms with Crippen LogP contribution in [0.4, 0.5) is 5.69 Å². The van der Waals surface area contributed by atoms with Crippen LogP contribution in [-0.4, -0.2) is 20.4 Å². The van der Waals surface area contributed by atoms with E-state index < -0.39 is 5.91 Å². The van der Waals surface area contributed by atoms with Crippen molar-refractivity contribution in [1.29, 1.82) is 0 Å². The molecule has 0 saturated heterocycles. The molecule has 0 spiro atoms. The topological polar surface area (TPSA) is 82.1 Å². The van der Waals surface area contributed by atoms with E-state index in [4.69, 9.17) is 4.52 Å². The van der Waals surface area contributed by atoms with Gasteiger partial charge in [-0.05, 0) is 44.9 Å². The second-order valence-electron chi connectivity index (χ2n) is 10.7. The predicted molar refractivity (Wildman–Crippen MR) is 122 cm³/mol. The SMILES string of the molecule is Cc1c(C(=O)Nc2c(C)n(C)n(C3CCCCC3)c2=O)noc1C12C#CC1CC(C)(C)C2. The maximum Gasteiger partial charge on any atom is 0.291 e. The molecule has 7 nitrogen and oxygen atoms in total. The maximum absolute atomic E-state index is 13.2. The zero-order valence-electron chi connectivity index (χ0n) is 19.7. The van der Waals surface area contributed by atoms with Crippen molar-refractivity contribution in [3.63, 3.8) is 0 Å². The van der Waals surface area contributed by atoms with Gasteiger partial charge in [-0.2, -0.15) is 0 Å². The highest BCUT2D eigenvalue weighted by Crippen LogP contribution is 2.57. The molecule has 5 rings (SSSR count). The summed E-state index contributed by atoms with van der Waals surface area (Å²) in [5, 5.41) is 6.97. The van der Waals surface area contributed by atoms with E-state index in [0.29, 0.717) is 11.4 Å². The summed E-state index contributed by atoms with van der Waals surface area (Å²) < 4.78 is 9.42. The molecule has 0 aromatic carbocycles. The monoisotopic (exact) mass is 436 g/mol. The molecule has 0 bridgehead atoms. The van der Waals surface area contributed by atoms with Crippen LogP contribution < -0.4 is 10.9 Å². The number of carbonyl (C=O) groups is 1. The molecule has 2 unspecified atom stereocenters. The minimum atomic E-state index is -0.406. The van der Waals surface area contributed by atoms with Crippen molar-refractivity contribution in [2.45, 2.75) is 84.1 Å². The molecule has 2 aromatic rings. The van der Waals surface area contributed by atoms with Gasteiger partial charge in [-0.1, -0.05) is 50.1 Å². The van der Waals surface area contributed by atoms with Crippen LogP contribution in [0, 0.1) is 37.0 Å². The first-order chi connectivity index (χ1) is 15.1. The maximum atomic E-state index is 13.2. The van der Waals surface area contributed by atoms with Crippen molar-refractivity contribution in [2.24, 2.45) is 18.4 Å². The third-order valence-electron chi connectivity index (χ3n) is 7.87. The third-order valence-corrected chi connectivity index (χ3v) is 7.87. The molecule has 7 heteroatoms. The number of amides is 1. The molecule has 0 aliphatic heterocycles. The van der Waals surface area contributed by atoms with E-state index in [-0.39, 0.29) is 34.0 Å². The van der Waals surface area contributed by atoms with Crippen LogP contribution in [0.15, 0.2) is 9.32 Å². The van der Waals surface area contributed by atoms with Crippen LogP contribution in [0.1, 0.15) is 92.3 Å². The van der Waals surface area contributed by atoms with Crippen LogP contribution in [0.5, 0.6) is 0 Å². The summed E-state index contributed by atoms with van der Waals surface area (Å²) in [6.45, 7) is 8.22. The summed E-state index contributed by atoms with van der Waals surface area (Å²) in [6, 6.07) is 0.185. The summed E-state index contributed by atoms with van der Waals surface area (Å²) in [5.74, 6) is 7.16. The normalized spacial score (nSPS) is 26.2. The summed E-state index contributed by atoms with van der Waals surface area (Å²) in [4.78, 5) is 26.4. The fourth-order valence-corrected chi connectivity index (χ4v) is 6.16. The van der Waals surface area contributed by atoms with Gasteiger partial charge in [0.1, 0.15) is 11.1 Å². The first-order valence-corrected chi connectivity index (χ1v) is 11.7. The van der Waals surface area contributed by atoms with E-state index in [1.165, 1.54) is 6.42 Å². The lowest BCUT2D eigenvalue weighted by Gasteiger charge is -2.31. The molecule has 3 aliphatic rings. The molecule has 0 radical (unpaired) electrons. The van der Waals surface area contributed by atoms with Crippen LogP contribution in [0.2, 0.25) is 0 Å². The van der Waals surface area contributed by atoms with Crippen molar-refractivity contribution in [3.05, 3.63) is 33.1 Å². The summed E-state index contributed by atoms with van der Waals surface area (Å²) in [5.41, 5.74) is 1.71. The third kappa shape index (κ3) is 2.99. The van der Waals surface area contributed by atoms with Crippen LogP contribution in [0.3, 0.4) is 0 Å². The number of hydrogen-bond donors (Lipinski definition) is 1. The molecule has 2 aromatic heterocycles. The van der Waals surface area contributed by atoms with Crippen LogP contribution >= 0.6 is 0 Å². The van der Waals surface area contributed by atoms with Gasteiger partial charge in [0.25, 0.3) is 11.5 Å². The van der Waals surface area contributed by atoms with Gasteiger partial charge in [-0.15, -0.1) is 0 Å². The number of anilines is 1. The van der Waals surface area contributed by atoms with Crippen molar-refractivity contribution in [2.75, 3.05) is 5.32 Å². The predicted octanol–water partition coefficient (Wildman–Crippen LogP) is 4.24. The Labute approximate surface area is 188 Å². The van der Waals surface area contributed by atoms with Gasteiger partial charge in [0.15, 0.2) is 11.5 Å². The highest BCUT2D eigenvalue weighted by atomic mass is 16.5. The second kappa shape index (κ2) is 7.13. The van der Waals surface area contributed by atoms with Crippen molar-refractivity contribution in [1.82, 2.24) is 14.5 Å². The van der Waals surface area contributed by atoms with Gasteiger partial charge in [0.05, 0.1) is 11.7 Å². The van der Waals surface area contributed by atoms with E-state index in [1.807, 2.05) is 25.6 Å². The van der Waals surface area contributed by atoms with Crippen molar-refractivity contribution < 1.29 is 9.32 Å². The Balaban J connectivity index is 1.43. The fraction of sp³-hybridized carbons (Fsp3) is 0.640. The molecule has 2 heterocycles. The Morgan fingerprint density at radius 3 is 2.56 bits per heavy atom. The van der Waals surface area contributed by atoms with Crippen molar-refractivity contribution in [3.8, 4) is 11.8 Å². The average Bonchev–Trinajstić information content (AvgIpc) is 3.29. The Hall–Kier alpha value is -2.75. The standard InChI is InChI=1S/C25H32N4O3/c1-15-19(27-32-21(15)25-12-11-17(25)13-24(3,4)14-25)22(30)26-20-16(2)28(5)29(23(20)31)18-9-7-6-8-10-18/h17-18H,6-10,13-14H2,1-5H3,(H,26,30). The lowest BCUT2D eigenvalue weighted by Crippen LogP contribution is -2.35. The van der Waals surface area contributed by atoms with Gasteiger partial charge in [-0.25, -0.2) is 4.68 Å². The van der Waals surface area contributed by atoms with Gasteiger partial charge < -0.3 is 9.84 Å². The van der Waals surface area contributed by atoms with Crippen LogP contribution in [-0.2, 0) is 12.5 Å². The quantitative estimate of drug-likeness (QED) is 0.727. The number of rotatable bonds is 4. The number of nitrogens with zero attached hydrogens (tertiary/aromatic N) is 3. The highest BCUT2D eigenvalue weighted by molar-refractivity contribution is 6.04. The van der Waals surface area contributed by atoms with E-state index >= 15 is 0 Å². The molecular formula is C25H32N4O3. The van der Waals surface area contributed by atoms with Gasteiger partial charge in [0, 0.05) is 18.5 Å². The number of fused-ring (bicyclic) bond motifs is 1. The Morgan fingerprint density at radius 2 is 1.94 bits per heavy atom. The van der Waals surface area contributed by atoms with Crippen molar-refractivity contribution >= 4 is 11.6 Å². The zero-order valence-corrected chi connectivity index (χ0v) is 19.7. The van der Waals surface area contributed by atoms with Gasteiger partial charge in [0.2, 0.25) is 0 Å². The number of nitrogens with one attached hydrogen (secondary N) is 1. The zero-order chi connectivity index (χ0) is 22.8. The lowest BCUT2D eigenvalue weighted by atomic mass is 9.68. The van der Waals surface area contributed by atoms with E-state index in [1.54, 1.807) is 4.68 Å². The number of carbonyl (C=O) groups excluding carboxylic acids is 1. The molecule has 3 aliphatic carbocycles. The molecule has 2 fully saturated rings. The van der Waals surface area contributed by atoms with E-state index in [0.717, 1.165) is 49.8 Å². The summed E-state index contributed by atoms with van der Waals surface area (Å²) >= 11 is 0. The Kier molecular flexibility index (Phi) is 4.70. The molecule has 170 valence electrons. The fourth-order valence-electron chi connectivity index (χ4n) is 6.16. The first-order valence-electron chi connectivity index (χ1n) is 11.7. The average molecular weight is 437 g/mol. The lowest BCUT2D eigenvalue weighted by molar-refractivity contribution is 0.101. The van der Waals surface area contributed by atoms with Gasteiger partial charge in [-0.3, -0.25) is 14.3 Å². The molecule has 1 amide bonds. The van der Waals surface area contributed by atoms with E-state index in [9.17, 15) is 9.59 Å². The summed E-state index contributed by atoms with van der Waals surface area (Å²) in [7, 11) is 1.89. The van der Waals surface area contributed by atoms with Crippen LogP contribution in [0.25, 0.3) is 0 Å². The number of hydrogen-bond acceptors (Lipinski definition) is 4.